The van der Waals surface area contributed by atoms with E-state index in [0.29, 0.717) is 29.0 Å². The Kier molecular flexibility index (Phi) is 5.73. The molecule has 0 aliphatic carbocycles. The molecule has 1 aliphatic rings. The van der Waals surface area contributed by atoms with Crippen LogP contribution in [-0.2, 0) is 4.79 Å². The predicted octanol–water partition coefficient (Wildman–Crippen LogP) is 1.57. The van der Waals surface area contributed by atoms with Gasteiger partial charge in [0.15, 0.2) is 0 Å². The summed E-state index contributed by atoms with van der Waals surface area (Å²) in [6.07, 6.45) is 1.91. The Labute approximate surface area is 171 Å². The van der Waals surface area contributed by atoms with Crippen LogP contribution in [0.1, 0.15) is 0 Å². The average molecular weight is 417 g/mol. The van der Waals surface area contributed by atoms with Crippen molar-refractivity contribution in [3.05, 3.63) is 53.7 Å². The highest BCUT2D eigenvalue weighted by atomic mass is 35.5. The van der Waals surface area contributed by atoms with Gasteiger partial charge in [0.05, 0.1) is 30.7 Å². The summed E-state index contributed by atoms with van der Waals surface area (Å²) in [4.78, 5) is 20.0. The van der Waals surface area contributed by atoms with Crippen LogP contribution < -0.4 is 9.88 Å². The molecule has 0 saturated carbocycles. The van der Waals surface area contributed by atoms with Crippen LogP contribution in [0.3, 0.4) is 0 Å². The molecule has 1 aromatic carbocycles. The first kappa shape index (κ1) is 18.7. The van der Waals surface area contributed by atoms with Gasteiger partial charge in [-0.3, -0.25) is 9.69 Å². The molecule has 0 unspecified atom stereocenters. The fourth-order valence-corrected chi connectivity index (χ4v) is 4.01. The van der Waals surface area contributed by atoms with Gasteiger partial charge in [0.2, 0.25) is 11.1 Å². The van der Waals surface area contributed by atoms with Crippen molar-refractivity contribution in [1.29, 1.82) is 0 Å². The number of carbonyl (C=O) groups is 1. The van der Waals surface area contributed by atoms with Crippen LogP contribution in [0.2, 0.25) is 5.02 Å². The third-order valence-corrected chi connectivity index (χ3v) is 5.62. The Morgan fingerprint density at radius 1 is 1.14 bits per heavy atom. The van der Waals surface area contributed by atoms with Crippen molar-refractivity contribution < 1.29 is 9.78 Å². The van der Waals surface area contributed by atoms with Crippen LogP contribution in [0.15, 0.2) is 53.8 Å². The third-order valence-electron chi connectivity index (χ3n) is 4.48. The van der Waals surface area contributed by atoms with Crippen molar-refractivity contribution in [2.24, 2.45) is 0 Å². The number of rotatable bonds is 5. The smallest absolute Gasteiger partial charge is 0.274 e. The highest BCUT2D eigenvalue weighted by Crippen LogP contribution is 2.21. The molecule has 0 atom stereocenters. The SMILES string of the molecule is O=C(CSc1nnnn1-c1cccc(Cl)c1)N1CCN(c2cccc[nH+]2)CC1. The number of tetrazole rings is 1. The summed E-state index contributed by atoms with van der Waals surface area (Å²) in [5.41, 5.74) is 0.764. The van der Waals surface area contributed by atoms with E-state index in [2.05, 4.69) is 25.4 Å². The van der Waals surface area contributed by atoms with Crippen LogP contribution in [0.25, 0.3) is 5.69 Å². The van der Waals surface area contributed by atoms with Gasteiger partial charge in [-0.05, 0) is 34.7 Å². The monoisotopic (exact) mass is 416 g/mol. The van der Waals surface area contributed by atoms with E-state index >= 15 is 0 Å². The minimum absolute atomic E-state index is 0.0855. The number of piperazine rings is 1. The van der Waals surface area contributed by atoms with E-state index in [9.17, 15) is 4.79 Å². The Balaban J connectivity index is 1.33. The Bertz CT molecular complexity index is 944. The Morgan fingerprint density at radius 3 is 2.75 bits per heavy atom. The molecule has 1 aliphatic heterocycles. The van der Waals surface area contributed by atoms with Crippen molar-refractivity contribution in [3.8, 4) is 5.69 Å². The van der Waals surface area contributed by atoms with Gasteiger partial charge < -0.3 is 4.90 Å². The van der Waals surface area contributed by atoms with Crippen molar-refractivity contribution >= 4 is 35.1 Å². The first-order chi connectivity index (χ1) is 13.7. The number of benzene rings is 1. The molecular formula is C18H19ClN7OS+. The average Bonchev–Trinajstić information content (AvgIpc) is 3.21. The molecule has 8 nitrogen and oxygen atoms in total. The molecule has 0 spiro atoms. The lowest BCUT2D eigenvalue weighted by Gasteiger charge is -2.30. The number of aromatic nitrogens is 5. The lowest BCUT2D eigenvalue weighted by molar-refractivity contribution is -0.364. The molecule has 0 radical (unpaired) electrons. The second-order valence-electron chi connectivity index (χ2n) is 6.26. The Morgan fingerprint density at radius 2 is 2.00 bits per heavy atom. The zero-order valence-corrected chi connectivity index (χ0v) is 16.6. The van der Waals surface area contributed by atoms with E-state index in [1.807, 2.05) is 41.4 Å². The molecule has 144 valence electrons. The van der Waals surface area contributed by atoms with Gasteiger partial charge >= 0.3 is 0 Å². The normalized spacial score (nSPS) is 14.3. The maximum Gasteiger partial charge on any atom is 0.274 e. The van der Waals surface area contributed by atoms with Gasteiger partial charge in [0.1, 0.15) is 13.1 Å². The van der Waals surface area contributed by atoms with Crippen molar-refractivity contribution in [1.82, 2.24) is 25.1 Å². The minimum Gasteiger partial charge on any atom is -0.334 e. The zero-order valence-electron chi connectivity index (χ0n) is 15.0. The van der Waals surface area contributed by atoms with Crippen LogP contribution >= 0.6 is 23.4 Å². The van der Waals surface area contributed by atoms with Crippen molar-refractivity contribution in [3.63, 3.8) is 0 Å². The highest BCUT2D eigenvalue weighted by molar-refractivity contribution is 7.99. The van der Waals surface area contributed by atoms with Gasteiger partial charge in [-0.25, -0.2) is 4.98 Å². The summed E-state index contributed by atoms with van der Waals surface area (Å²) in [5.74, 6) is 1.45. The fourth-order valence-electron chi connectivity index (χ4n) is 3.03. The molecular weight excluding hydrogens is 398 g/mol. The predicted molar refractivity (Wildman–Crippen MR) is 107 cm³/mol. The van der Waals surface area contributed by atoms with Gasteiger partial charge in [-0.15, -0.1) is 5.10 Å². The molecule has 28 heavy (non-hydrogen) atoms. The minimum atomic E-state index is 0.0855. The van der Waals surface area contributed by atoms with Crippen LogP contribution in [0.5, 0.6) is 0 Å². The number of hydrogen-bond acceptors (Lipinski definition) is 6. The maximum absolute atomic E-state index is 12.6. The van der Waals surface area contributed by atoms with Crippen LogP contribution in [0.4, 0.5) is 5.82 Å². The lowest BCUT2D eigenvalue weighted by Crippen LogP contribution is -2.50. The number of anilines is 1. The van der Waals surface area contributed by atoms with E-state index in [1.54, 1.807) is 16.8 Å². The number of nitrogens with zero attached hydrogens (tertiary/aromatic N) is 6. The molecule has 3 heterocycles. The molecule has 1 N–H and O–H groups in total. The number of thioether (sulfide) groups is 1. The van der Waals surface area contributed by atoms with E-state index < -0.39 is 0 Å². The maximum atomic E-state index is 12.6. The standard InChI is InChI=1S/C18H18ClN7OS/c19-14-4-3-5-15(12-14)26-18(21-22-23-26)28-13-17(27)25-10-8-24(9-11-25)16-6-1-2-7-20-16/h1-7,12H,8-11,13H2/p+1. The summed E-state index contributed by atoms with van der Waals surface area (Å²) >= 11 is 7.37. The molecule has 10 heteroatoms. The molecule has 1 saturated heterocycles. The first-order valence-electron chi connectivity index (χ1n) is 8.87. The summed E-state index contributed by atoms with van der Waals surface area (Å²) in [7, 11) is 0. The van der Waals surface area contributed by atoms with Gasteiger partial charge in [0.25, 0.3) is 5.82 Å². The number of nitrogens with one attached hydrogen (secondary N) is 1. The molecule has 3 aromatic rings. The van der Waals surface area contributed by atoms with Gasteiger partial charge in [-0.1, -0.05) is 35.5 Å². The Hall–Kier alpha value is -2.65. The summed E-state index contributed by atoms with van der Waals surface area (Å²) in [6.45, 7) is 3.00. The second-order valence-corrected chi connectivity index (χ2v) is 7.64. The van der Waals surface area contributed by atoms with E-state index in [1.165, 1.54) is 11.8 Å². The van der Waals surface area contributed by atoms with Crippen molar-refractivity contribution in [2.45, 2.75) is 5.16 Å². The van der Waals surface area contributed by atoms with Crippen molar-refractivity contribution in [2.75, 3.05) is 36.8 Å². The van der Waals surface area contributed by atoms with Gasteiger partial charge in [0, 0.05) is 11.1 Å². The van der Waals surface area contributed by atoms with Crippen LogP contribution in [-0.4, -0.2) is 62.9 Å². The number of amides is 1. The van der Waals surface area contributed by atoms with E-state index in [-0.39, 0.29) is 5.91 Å². The second kappa shape index (κ2) is 8.57. The fraction of sp³-hybridized carbons (Fsp3) is 0.278. The highest BCUT2D eigenvalue weighted by Gasteiger charge is 2.26. The quantitative estimate of drug-likeness (QED) is 0.587. The largest absolute Gasteiger partial charge is 0.334 e. The topological polar surface area (TPSA) is 81.3 Å². The lowest BCUT2D eigenvalue weighted by atomic mass is 10.3. The molecule has 2 aromatic heterocycles. The number of carbonyl (C=O) groups excluding carboxylic acids is 1. The summed E-state index contributed by atoms with van der Waals surface area (Å²) in [5, 5.41) is 12.9. The van der Waals surface area contributed by atoms with E-state index in [0.717, 1.165) is 24.6 Å². The zero-order chi connectivity index (χ0) is 19.3. The number of hydrogen-bond donors (Lipinski definition) is 0. The molecule has 1 amide bonds. The number of pyridine rings is 1. The number of halogens is 1. The number of aromatic amines is 1. The summed E-state index contributed by atoms with van der Waals surface area (Å²) < 4.78 is 1.59. The third kappa shape index (κ3) is 4.26. The first-order valence-corrected chi connectivity index (χ1v) is 10.2. The van der Waals surface area contributed by atoms with Gasteiger partial charge in [-0.2, -0.15) is 4.68 Å². The molecule has 0 bridgehead atoms. The van der Waals surface area contributed by atoms with Crippen LogP contribution in [0, 0.1) is 0 Å². The summed E-state index contributed by atoms with van der Waals surface area (Å²) in [6, 6.07) is 13.3. The molecule has 1 fully saturated rings. The molecule has 4 rings (SSSR count). The number of H-pyrrole nitrogens is 1. The van der Waals surface area contributed by atoms with E-state index in [4.69, 9.17) is 11.6 Å².